The van der Waals surface area contributed by atoms with Gasteiger partial charge in [-0.3, -0.25) is 4.98 Å². The van der Waals surface area contributed by atoms with Gasteiger partial charge in [0.25, 0.3) is 0 Å². The van der Waals surface area contributed by atoms with Crippen molar-refractivity contribution in [2.24, 2.45) is 0 Å². The molecule has 0 unspecified atom stereocenters. The molecule has 4 rings (SSSR count). The standard InChI is InChI=1S/C23H20N2S/c1-2-6-19-13-14-24-15-21(19)23-25-22(16-26-23)20-11-9-18(10-12-20)17-7-4-3-5-8-17/h3-5,7-16H,2,6H2,1H3. The third-order valence-electron chi connectivity index (χ3n) is 4.45. The summed E-state index contributed by atoms with van der Waals surface area (Å²) in [5.41, 5.74) is 7.11. The first kappa shape index (κ1) is 16.7. The van der Waals surface area contributed by atoms with Crippen LogP contribution in [0.25, 0.3) is 33.0 Å². The van der Waals surface area contributed by atoms with Crippen LogP contribution >= 0.6 is 11.3 Å². The van der Waals surface area contributed by atoms with Gasteiger partial charge in [-0.05, 0) is 29.2 Å². The minimum Gasteiger partial charge on any atom is -0.264 e. The highest BCUT2D eigenvalue weighted by atomic mass is 32.1. The average Bonchev–Trinajstić information content (AvgIpc) is 3.20. The molecule has 0 aliphatic rings. The molecule has 0 bridgehead atoms. The SMILES string of the molecule is CCCc1ccncc1-c1nc(-c2ccc(-c3ccccc3)cc2)cs1. The second kappa shape index (κ2) is 7.63. The summed E-state index contributed by atoms with van der Waals surface area (Å²) in [4.78, 5) is 9.17. The van der Waals surface area contributed by atoms with Crippen molar-refractivity contribution in [3.8, 4) is 33.0 Å². The van der Waals surface area contributed by atoms with Crippen LogP contribution in [-0.2, 0) is 6.42 Å². The molecule has 0 saturated heterocycles. The lowest BCUT2D eigenvalue weighted by Gasteiger charge is -2.05. The molecule has 0 aliphatic carbocycles. The van der Waals surface area contributed by atoms with Crippen LogP contribution in [0.3, 0.4) is 0 Å². The zero-order valence-electron chi connectivity index (χ0n) is 14.7. The fourth-order valence-corrected chi connectivity index (χ4v) is 3.97. The van der Waals surface area contributed by atoms with E-state index in [0.717, 1.165) is 34.7 Å². The quantitative estimate of drug-likeness (QED) is 0.408. The van der Waals surface area contributed by atoms with Gasteiger partial charge < -0.3 is 0 Å². The van der Waals surface area contributed by atoms with Gasteiger partial charge in [0.05, 0.1) is 5.69 Å². The highest BCUT2D eigenvalue weighted by Crippen LogP contribution is 2.32. The van der Waals surface area contributed by atoms with E-state index in [1.165, 1.54) is 16.7 Å². The summed E-state index contributed by atoms with van der Waals surface area (Å²) in [5.74, 6) is 0. The van der Waals surface area contributed by atoms with Crippen LogP contribution < -0.4 is 0 Å². The number of nitrogens with zero attached hydrogens (tertiary/aromatic N) is 2. The Labute approximate surface area is 158 Å². The van der Waals surface area contributed by atoms with Gasteiger partial charge in [-0.1, -0.05) is 67.9 Å². The third kappa shape index (κ3) is 3.44. The van der Waals surface area contributed by atoms with Gasteiger partial charge in [-0.2, -0.15) is 0 Å². The fraction of sp³-hybridized carbons (Fsp3) is 0.130. The number of hydrogen-bond acceptors (Lipinski definition) is 3. The lowest BCUT2D eigenvalue weighted by molar-refractivity contribution is 0.920. The van der Waals surface area contributed by atoms with Crippen molar-refractivity contribution in [2.75, 3.05) is 0 Å². The zero-order valence-corrected chi connectivity index (χ0v) is 15.5. The Kier molecular flexibility index (Phi) is 4.89. The normalized spacial score (nSPS) is 10.8. The van der Waals surface area contributed by atoms with Gasteiger partial charge in [-0.25, -0.2) is 4.98 Å². The summed E-state index contributed by atoms with van der Waals surface area (Å²) in [5, 5.41) is 3.18. The topological polar surface area (TPSA) is 25.8 Å². The number of pyridine rings is 1. The Bertz CT molecular complexity index is 988. The van der Waals surface area contributed by atoms with Crippen molar-refractivity contribution in [3.05, 3.63) is 84.0 Å². The molecular weight excluding hydrogens is 336 g/mol. The molecule has 0 saturated carbocycles. The molecule has 0 aliphatic heterocycles. The smallest absolute Gasteiger partial charge is 0.125 e. The number of aryl methyl sites for hydroxylation is 1. The summed E-state index contributed by atoms with van der Waals surface area (Å²) >= 11 is 1.69. The summed E-state index contributed by atoms with van der Waals surface area (Å²) < 4.78 is 0. The van der Waals surface area contributed by atoms with Crippen LogP contribution in [-0.4, -0.2) is 9.97 Å². The summed E-state index contributed by atoms with van der Waals surface area (Å²) in [6, 6.07) is 21.2. The largest absolute Gasteiger partial charge is 0.264 e. The Morgan fingerprint density at radius 1 is 0.846 bits per heavy atom. The van der Waals surface area contributed by atoms with Crippen LogP contribution in [0.2, 0.25) is 0 Å². The van der Waals surface area contributed by atoms with E-state index in [1.54, 1.807) is 11.3 Å². The van der Waals surface area contributed by atoms with Gasteiger partial charge in [0, 0.05) is 28.9 Å². The first-order chi connectivity index (χ1) is 12.8. The summed E-state index contributed by atoms with van der Waals surface area (Å²) in [6.07, 6.45) is 5.98. The van der Waals surface area contributed by atoms with Crippen LogP contribution in [0.1, 0.15) is 18.9 Å². The molecule has 0 amide bonds. The minimum absolute atomic E-state index is 1.02. The molecule has 0 fully saturated rings. The van der Waals surface area contributed by atoms with E-state index in [9.17, 15) is 0 Å². The highest BCUT2D eigenvalue weighted by molar-refractivity contribution is 7.13. The van der Waals surface area contributed by atoms with Gasteiger partial charge in [0.2, 0.25) is 0 Å². The number of benzene rings is 2. The molecule has 2 nitrogen and oxygen atoms in total. The maximum absolute atomic E-state index is 4.87. The molecule has 4 aromatic rings. The van der Waals surface area contributed by atoms with E-state index in [0.29, 0.717) is 0 Å². The maximum atomic E-state index is 4.87. The zero-order chi connectivity index (χ0) is 17.8. The van der Waals surface area contributed by atoms with Crippen LogP contribution in [0, 0.1) is 0 Å². The predicted molar refractivity (Wildman–Crippen MR) is 110 cm³/mol. The van der Waals surface area contributed by atoms with Gasteiger partial charge in [0.15, 0.2) is 0 Å². The second-order valence-corrected chi connectivity index (χ2v) is 7.12. The van der Waals surface area contributed by atoms with E-state index in [1.807, 2.05) is 18.5 Å². The van der Waals surface area contributed by atoms with Crippen molar-refractivity contribution in [1.29, 1.82) is 0 Å². The summed E-state index contributed by atoms with van der Waals surface area (Å²) in [6.45, 7) is 2.20. The van der Waals surface area contributed by atoms with Crippen molar-refractivity contribution < 1.29 is 0 Å². The summed E-state index contributed by atoms with van der Waals surface area (Å²) in [7, 11) is 0. The van der Waals surface area contributed by atoms with Crippen molar-refractivity contribution in [1.82, 2.24) is 9.97 Å². The van der Waals surface area contributed by atoms with Crippen LogP contribution in [0.4, 0.5) is 0 Å². The number of hydrogen-bond donors (Lipinski definition) is 0. The fourth-order valence-electron chi connectivity index (χ4n) is 3.10. The lowest BCUT2D eigenvalue weighted by atomic mass is 10.0. The Hall–Kier alpha value is -2.78. The Balaban J connectivity index is 1.63. The maximum Gasteiger partial charge on any atom is 0.125 e. The Morgan fingerprint density at radius 2 is 1.58 bits per heavy atom. The van der Waals surface area contributed by atoms with E-state index in [4.69, 9.17) is 4.98 Å². The van der Waals surface area contributed by atoms with E-state index >= 15 is 0 Å². The van der Waals surface area contributed by atoms with Gasteiger partial charge >= 0.3 is 0 Å². The van der Waals surface area contributed by atoms with Gasteiger partial charge in [0.1, 0.15) is 5.01 Å². The molecule has 0 atom stereocenters. The predicted octanol–water partition coefficient (Wildman–Crippen LogP) is 6.49. The molecule has 2 aromatic carbocycles. The van der Waals surface area contributed by atoms with E-state index < -0.39 is 0 Å². The number of thiazole rings is 1. The number of aromatic nitrogens is 2. The average molecular weight is 356 g/mol. The van der Waals surface area contributed by atoms with E-state index in [-0.39, 0.29) is 0 Å². The van der Waals surface area contributed by atoms with Crippen LogP contribution in [0.5, 0.6) is 0 Å². The first-order valence-electron chi connectivity index (χ1n) is 8.90. The highest BCUT2D eigenvalue weighted by Gasteiger charge is 2.10. The second-order valence-electron chi connectivity index (χ2n) is 6.26. The molecule has 26 heavy (non-hydrogen) atoms. The van der Waals surface area contributed by atoms with Gasteiger partial charge in [-0.15, -0.1) is 11.3 Å². The molecule has 0 spiro atoms. The molecule has 2 aromatic heterocycles. The third-order valence-corrected chi connectivity index (χ3v) is 5.33. The number of rotatable bonds is 5. The van der Waals surface area contributed by atoms with Crippen molar-refractivity contribution >= 4 is 11.3 Å². The molecule has 2 heterocycles. The molecule has 128 valence electrons. The van der Waals surface area contributed by atoms with Crippen molar-refractivity contribution in [3.63, 3.8) is 0 Å². The molecule has 3 heteroatoms. The minimum atomic E-state index is 1.02. The first-order valence-corrected chi connectivity index (χ1v) is 9.78. The monoisotopic (exact) mass is 356 g/mol. The molecular formula is C23H20N2S. The van der Waals surface area contributed by atoms with Crippen LogP contribution in [0.15, 0.2) is 78.4 Å². The molecule has 0 radical (unpaired) electrons. The Morgan fingerprint density at radius 3 is 2.35 bits per heavy atom. The van der Waals surface area contributed by atoms with E-state index in [2.05, 4.69) is 71.9 Å². The lowest BCUT2D eigenvalue weighted by Crippen LogP contribution is -1.90. The van der Waals surface area contributed by atoms with Crippen molar-refractivity contribution in [2.45, 2.75) is 19.8 Å². The molecule has 0 N–H and O–H groups in total.